The summed E-state index contributed by atoms with van der Waals surface area (Å²) < 4.78 is 2.46. The molecule has 0 saturated heterocycles. The summed E-state index contributed by atoms with van der Waals surface area (Å²) in [6.45, 7) is 37.9. The topological polar surface area (TPSA) is 14.7 Å². The fraction of sp³-hybridized carbons (Fsp3) is 0.357. The lowest BCUT2D eigenvalue weighted by atomic mass is 9.33. The summed E-state index contributed by atoms with van der Waals surface area (Å²) in [7, 11) is 0. The van der Waals surface area contributed by atoms with E-state index in [0.29, 0.717) is 0 Å². The van der Waals surface area contributed by atoms with Gasteiger partial charge in [-0.1, -0.05) is 180 Å². The predicted octanol–water partition coefficient (Wildman–Crippen LogP) is 21.2. The van der Waals surface area contributed by atoms with Gasteiger partial charge in [0.15, 0.2) is 0 Å². The van der Waals surface area contributed by atoms with E-state index in [4.69, 9.17) is 0 Å². The molecule has 0 amide bonds. The van der Waals surface area contributed by atoms with Gasteiger partial charge in [0.05, 0.1) is 22.4 Å². The number of anilines is 9. The van der Waals surface area contributed by atoms with Gasteiger partial charge in [-0.05, 0) is 250 Å². The largest absolute Gasteiger partial charge is 0.311 e. The van der Waals surface area contributed by atoms with Crippen LogP contribution in [0.15, 0.2) is 170 Å². The van der Waals surface area contributed by atoms with Gasteiger partial charge in [0, 0.05) is 56.3 Å². The van der Waals surface area contributed by atoms with Crippen LogP contribution in [0, 0.1) is 45.4 Å². The van der Waals surface area contributed by atoms with E-state index < -0.39 is 0 Å². The molecule has 450 valence electrons. The van der Waals surface area contributed by atoms with E-state index in [1.807, 2.05) is 0 Å². The average molecular weight is 1170 g/mol. The van der Waals surface area contributed by atoms with Crippen molar-refractivity contribution in [3.63, 3.8) is 0 Å². The van der Waals surface area contributed by atoms with E-state index >= 15 is 0 Å². The molecule has 1 aromatic heterocycles. The van der Waals surface area contributed by atoms with Crippen molar-refractivity contribution in [2.75, 3.05) is 14.7 Å². The molecule has 3 heterocycles. The standard InChI is InChI=1S/C84H91BN4/c1-51-36-60(82(11,12)13)37-52(2)78(51)88-72-35-28-59(81(8,9)10)43-70(72)85-69-34-32-66(86(64-29-26-58(27-30-64)80(5,6)7)65-31-33-68-67-24-20-21-25-71(67)87(73(68)46-65)63-22-18-17-19-23-63)47-74(69)89(79-53(3)38-61(39-54(79)4)83(14,15)16)76-45-62(44-75(88)77(76)85)84-48-55-40-56(49-84)42-57(41-55)50-84/h17-39,43-47,55-57H,40-42,48-50H2,1-16H3. The number of rotatable bonds is 7. The Balaban J connectivity index is 1.05. The van der Waals surface area contributed by atoms with E-state index in [0.717, 1.165) is 40.5 Å². The third-order valence-electron chi connectivity index (χ3n) is 21.9. The smallest absolute Gasteiger partial charge is 0.252 e. The number of hydrogen-bond acceptors (Lipinski definition) is 3. The Morgan fingerprint density at radius 3 is 1.42 bits per heavy atom. The summed E-state index contributed by atoms with van der Waals surface area (Å²) in [5.41, 5.74) is 31.2. The van der Waals surface area contributed by atoms with Crippen LogP contribution in [-0.2, 0) is 27.1 Å². The van der Waals surface area contributed by atoms with E-state index in [1.54, 1.807) is 5.56 Å². The maximum atomic E-state index is 2.80. The zero-order valence-electron chi connectivity index (χ0n) is 56.0. The molecule has 0 spiro atoms. The molecular weight excluding hydrogens is 1080 g/mol. The van der Waals surface area contributed by atoms with Gasteiger partial charge in [0.25, 0.3) is 6.71 Å². The summed E-state index contributed by atoms with van der Waals surface area (Å²) in [4.78, 5) is 8.12. The van der Waals surface area contributed by atoms with Gasteiger partial charge in [0.1, 0.15) is 0 Å². The molecule has 5 heteroatoms. The van der Waals surface area contributed by atoms with Gasteiger partial charge >= 0.3 is 0 Å². The molecule has 4 saturated carbocycles. The Hall–Kier alpha value is -7.76. The highest BCUT2D eigenvalue weighted by atomic mass is 15.2. The van der Waals surface area contributed by atoms with Crippen LogP contribution in [-0.4, -0.2) is 11.3 Å². The fourth-order valence-electron chi connectivity index (χ4n) is 17.8. The molecule has 4 bridgehead atoms. The van der Waals surface area contributed by atoms with Crippen molar-refractivity contribution in [2.45, 2.75) is 176 Å². The Kier molecular flexibility index (Phi) is 13.0. The van der Waals surface area contributed by atoms with Crippen LogP contribution in [0.5, 0.6) is 0 Å². The van der Waals surface area contributed by atoms with Crippen molar-refractivity contribution in [1.29, 1.82) is 0 Å². The van der Waals surface area contributed by atoms with Gasteiger partial charge in [-0.25, -0.2) is 0 Å². The Bertz CT molecular complexity index is 4430. The molecular formula is C84H91BN4. The maximum absolute atomic E-state index is 2.80. The van der Waals surface area contributed by atoms with E-state index in [2.05, 4.69) is 300 Å². The number of aromatic nitrogens is 1. The Morgan fingerprint density at radius 2 is 0.865 bits per heavy atom. The SMILES string of the molecule is Cc1cc(C(C)(C)C)cc(C)c1N1c2ccc(C(C)(C)C)cc2B2c3ccc(N(c4ccc(C(C)(C)C)cc4)c4ccc5c6ccccc6n(-c6ccccc6)c5c4)cc3N(c3c(C)cc(C(C)(C)C)cc3C)c3cc(C45CC6CC(CC(C6)C4)C5)cc1c32. The molecule has 4 nitrogen and oxygen atoms in total. The van der Waals surface area contributed by atoms with Gasteiger partial charge in [0.2, 0.25) is 0 Å². The quantitative estimate of drug-likeness (QED) is 0.148. The van der Waals surface area contributed by atoms with E-state index in [-0.39, 0.29) is 33.8 Å². The van der Waals surface area contributed by atoms with E-state index in [1.165, 1.54) is 155 Å². The molecule has 0 N–H and O–H groups in total. The summed E-state index contributed by atoms with van der Waals surface area (Å²) in [5.74, 6) is 2.40. The normalized spacial score (nSPS) is 19.5. The highest BCUT2D eigenvalue weighted by Crippen LogP contribution is 2.62. The minimum Gasteiger partial charge on any atom is -0.311 e. The van der Waals surface area contributed by atoms with Crippen LogP contribution in [0.3, 0.4) is 0 Å². The number of hydrogen-bond donors (Lipinski definition) is 0. The van der Waals surface area contributed by atoms with Crippen LogP contribution >= 0.6 is 0 Å². The van der Waals surface area contributed by atoms with Crippen LogP contribution in [0.2, 0.25) is 0 Å². The lowest BCUT2D eigenvalue weighted by Crippen LogP contribution is -2.62. The number of aryl methyl sites for hydroxylation is 4. The van der Waals surface area contributed by atoms with Gasteiger partial charge in [-0.3, -0.25) is 0 Å². The lowest BCUT2D eigenvalue weighted by molar-refractivity contribution is -0.00514. The monoisotopic (exact) mass is 1170 g/mol. The first kappa shape index (κ1) is 57.7. The number of benzene rings is 9. The van der Waals surface area contributed by atoms with Crippen LogP contribution in [0.1, 0.15) is 172 Å². The van der Waals surface area contributed by atoms with Gasteiger partial charge in [-0.2, -0.15) is 0 Å². The summed E-state index contributed by atoms with van der Waals surface area (Å²) in [5, 5.41) is 2.50. The Labute approximate surface area is 532 Å². The number of fused-ring (bicyclic) bond motifs is 7. The minimum atomic E-state index is -0.0711. The second-order valence-electron chi connectivity index (χ2n) is 32.4. The van der Waals surface area contributed by atoms with Crippen LogP contribution < -0.4 is 31.1 Å². The molecule has 0 radical (unpaired) electrons. The minimum absolute atomic E-state index is 0.00324. The summed E-state index contributed by atoms with van der Waals surface area (Å²) >= 11 is 0. The second kappa shape index (κ2) is 20.1. The molecule has 2 aliphatic heterocycles. The number of para-hydroxylation sites is 2. The van der Waals surface area contributed by atoms with Crippen molar-refractivity contribution in [3.05, 3.63) is 220 Å². The number of nitrogens with zero attached hydrogens (tertiary/aromatic N) is 4. The summed E-state index contributed by atoms with van der Waals surface area (Å²) in [6, 6.07) is 67.3. The third kappa shape index (κ3) is 9.35. The second-order valence-corrected chi connectivity index (χ2v) is 32.4. The highest BCUT2D eigenvalue weighted by Gasteiger charge is 2.53. The molecule has 10 aromatic rings. The first-order valence-corrected chi connectivity index (χ1v) is 33.5. The predicted molar refractivity (Wildman–Crippen MR) is 383 cm³/mol. The van der Waals surface area contributed by atoms with Crippen LogP contribution in [0.25, 0.3) is 27.5 Å². The third-order valence-corrected chi connectivity index (χ3v) is 21.9. The molecule has 6 aliphatic rings. The van der Waals surface area contributed by atoms with Crippen molar-refractivity contribution < 1.29 is 0 Å². The maximum Gasteiger partial charge on any atom is 0.252 e. The fourth-order valence-corrected chi connectivity index (χ4v) is 17.8. The molecule has 16 rings (SSSR count). The highest BCUT2D eigenvalue weighted by molar-refractivity contribution is 7.00. The molecule has 4 fully saturated rings. The van der Waals surface area contributed by atoms with Crippen molar-refractivity contribution in [2.24, 2.45) is 17.8 Å². The van der Waals surface area contributed by atoms with E-state index in [9.17, 15) is 0 Å². The van der Waals surface area contributed by atoms with Crippen molar-refractivity contribution >= 4 is 96.1 Å². The van der Waals surface area contributed by atoms with Crippen molar-refractivity contribution in [3.8, 4) is 5.69 Å². The first-order valence-electron chi connectivity index (χ1n) is 33.5. The molecule has 0 atom stereocenters. The molecule has 9 aromatic carbocycles. The van der Waals surface area contributed by atoms with Gasteiger partial charge in [-0.15, -0.1) is 0 Å². The first-order chi connectivity index (χ1) is 42.2. The molecule has 89 heavy (non-hydrogen) atoms. The zero-order valence-corrected chi connectivity index (χ0v) is 56.0. The molecule has 0 unspecified atom stereocenters. The summed E-state index contributed by atoms with van der Waals surface area (Å²) in [6.07, 6.45) is 8.10. The van der Waals surface area contributed by atoms with Crippen molar-refractivity contribution in [1.82, 2.24) is 4.57 Å². The molecule has 4 aliphatic carbocycles. The lowest BCUT2D eigenvalue weighted by Gasteiger charge is -2.57. The average Bonchev–Trinajstić information content (AvgIpc) is 1.24. The Morgan fingerprint density at radius 1 is 0.393 bits per heavy atom. The zero-order chi connectivity index (χ0) is 62.2. The van der Waals surface area contributed by atoms with Gasteiger partial charge < -0.3 is 19.3 Å². The van der Waals surface area contributed by atoms with Crippen LogP contribution in [0.4, 0.5) is 51.2 Å².